The van der Waals surface area contributed by atoms with Gasteiger partial charge in [0.05, 0.1) is 25.3 Å². The Labute approximate surface area is 93.4 Å². The number of ether oxygens (including phenoxy) is 1. The van der Waals surface area contributed by atoms with Crippen molar-refractivity contribution in [3.63, 3.8) is 0 Å². The zero-order valence-electron chi connectivity index (χ0n) is 8.45. The quantitative estimate of drug-likeness (QED) is 0.721. The van der Waals surface area contributed by atoms with Gasteiger partial charge in [0.1, 0.15) is 5.60 Å². The lowest BCUT2D eigenvalue weighted by Crippen LogP contribution is -2.64. The van der Waals surface area contributed by atoms with E-state index >= 15 is 0 Å². The number of hydrogen-bond acceptors (Lipinski definition) is 3. The van der Waals surface area contributed by atoms with Crippen LogP contribution in [0, 0.1) is 0 Å². The number of carboxylic acid groups (broad SMARTS) is 1. The molecule has 1 saturated heterocycles. The Bertz CT molecular complexity index is 409. The van der Waals surface area contributed by atoms with E-state index in [0.717, 1.165) is 0 Å². The van der Waals surface area contributed by atoms with Gasteiger partial charge in [0.25, 0.3) is 0 Å². The lowest BCUT2D eigenvalue weighted by molar-refractivity contribution is -0.201. The van der Waals surface area contributed by atoms with E-state index in [1.807, 2.05) is 0 Å². The number of aliphatic carboxylic acids is 1. The second-order valence-corrected chi connectivity index (χ2v) is 3.99. The van der Waals surface area contributed by atoms with Gasteiger partial charge in [-0.1, -0.05) is 0 Å². The van der Waals surface area contributed by atoms with Gasteiger partial charge < -0.3 is 14.7 Å². The molecule has 0 aromatic carbocycles. The van der Waals surface area contributed by atoms with Gasteiger partial charge in [-0.05, 0) is 6.08 Å². The largest absolute Gasteiger partial charge is 0.478 e. The van der Waals surface area contributed by atoms with Crippen LogP contribution in [0.1, 0.15) is 0 Å². The summed E-state index contributed by atoms with van der Waals surface area (Å²) in [5.74, 6) is -3.09. The lowest BCUT2D eigenvalue weighted by atomic mass is 9.93. The van der Waals surface area contributed by atoms with Gasteiger partial charge in [-0.2, -0.15) is 13.2 Å². The van der Waals surface area contributed by atoms with Crippen molar-refractivity contribution >= 4 is 11.9 Å². The van der Waals surface area contributed by atoms with Crippen LogP contribution >= 0.6 is 0 Å². The van der Waals surface area contributed by atoms with E-state index in [2.05, 4.69) is 0 Å². The van der Waals surface area contributed by atoms with Crippen LogP contribution < -0.4 is 0 Å². The van der Waals surface area contributed by atoms with Crippen molar-refractivity contribution in [2.45, 2.75) is 11.8 Å². The third kappa shape index (κ3) is 1.99. The van der Waals surface area contributed by atoms with E-state index in [9.17, 15) is 22.8 Å². The van der Waals surface area contributed by atoms with Gasteiger partial charge in [0.15, 0.2) is 0 Å². The molecular weight excluding hydrogens is 243 g/mol. The number of amides is 1. The van der Waals surface area contributed by atoms with Gasteiger partial charge in [0.2, 0.25) is 0 Å². The summed E-state index contributed by atoms with van der Waals surface area (Å²) in [6, 6.07) is 0. The van der Waals surface area contributed by atoms with Crippen LogP contribution in [0.15, 0.2) is 11.6 Å². The van der Waals surface area contributed by atoms with Crippen molar-refractivity contribution in [2.75, 3.05) is 19.7 Å². The van der Waals surface area contributed by atoms with Crippen molar-refractivity contribution in [3.8, 4) is 0 Å². The fraction of sp³-hybridized carbons (Fsp3) is 0.556. The van der Waals surface area contributed by atoms with Crippen molar-refractivity contribution in [3.05, 3.63) is 11.6 Å². The first kappa shape index (κ1) is 11.9. The minimum absolute atomic E-state index is 0.00380. The summed E-state index contributed by atoms with van der Waals surface area (Å²) in [4.78, 5) is 22.0. The molecule has 2 heterocycles. The standard InChI is InChI=1S/C9H8F3NO4/c10-9(11,12)7(16)13-3-8(4-13)1-5(2-17-8)6(14)15/h1H,2-4H2,(H,14,15). The highest BCUT2D eigenvalue weighted by Gasteiger charge is 2.54. The topological polar surface area (TPSA) is 66.8 Å². The Morgan fingerprint density at radius 3 is 2.41 bits per heavy atom. The smallest absolute Gasteiger partial charge is 0.471 e. The first-order valence-corrected chi connectivity index (χ1v) is 4.69. The van der Waals surface area contributed by atoms with E-state index in [0.29, 0.717) is 4.90 Å². The maximum atomic E-state index is 12.1. The summed E-state index contributed by atoms with van der Waals surface area (Å²) in [5, 5.41) is 8.66. The highest BCUT2D eigenvalue weighted by atomic mass is 19.4. The fourth-order valence-electron chi connectivity index (χ4n) is 1.85. The summed E-state index contributed by atoms with van der Waals surface area (Å²) in [5.41, 5.74) is -1.04. The number of hydrogen-bond donors (Lipinski definition) is 1. The molecule has 0 atom stereocenters. The molecule has 0 radical (unpaired) electrons. The normalized spacial score (nSPS) is 22.3. The van der Waals surface area contributed by atoms with Gasteiger partial charge in [-0.25, -0.2) is 4.79 Å². The number of likely N-dealkylation sites (tertiary alicyclic amines) is 1. The highest BCUT2D eigenvalue weighted by molar-refractivity contribution is 5.88. The molecule has 5 nitrogen and oxygen atoms in total. The predicted molar refractivity (Wildman–Crippen MR) is 47.0 cm³/mol. The second kappa shape index (κ2) is 3.46. The molecule has 8 heteroatoms. The molecule has 2 aliphatic heterocycles. The SMILES string of the molecule is O=C(O)C1=CC2(CN(C(=O)C(F)(F)F)C2)OC1. The van der Waals surface area contributed by atoms with Crippen LogP contribution in [0.3, 0.4) is 0 Å². The molecule has 0 aromatic rings. The molecule has 0 aromatic heterocycles. The van der Waals surface area contributed by atoms with Gasteiger partial charge >= 0.3 is 18.1 Å². The molecule has 1 N–H and O–H groups in total. The van der Waals surface area contributed by atoms with Gasteiger partial charge in [-0.3, -0.25) is 4.79 Å². The average molecular weight is 251 g/mol. The van der Waals surface area contributed by atoms with E-state index < -0.39 is 23.7 Å². The third-order valence-electron chi connectivity index (χ3n) is 2.67. The van der Waals surface area contributed by atoms with Crippen LogP contribution in [-0.2, 0) is 14.3 Å². The number of halogens is 3. The van der Waals surface area contributed by atoms with Crippen molar-refractivity contribution in [1.82, 2.24) is 4.90 Å². The molecule has 2 rings (SSSR count). The number of nitrogens with zero attached hydrogens (tertiary/aromatic N) is 1. The minimum Gasteiger partial charge on any atom is -0.478 e. The molecule has 0 bridgehead atoms. The first-order valence-electron chi connectivity index (χ1n) is 4.69. The second-order valence-electron chi connectivity index (χ2n) is 3.99. The molecule has 0 aliphatic carbocycles. The minimum atomic E-state index is -4.90. The summed E-state index contributed by atoms with van der Waals surface area (Å²) >= 11 is 0. The molecule has 1 fully saturated rings. The van der Waals surface area contributed by atoms with Crippen LogP contribution in [-0.4, -0.2) is 53.4 Å². The van der Waals surface area contributed by atoms with Gasteiger partial charge in [-0.15, -0.1) is 0 Å². The van der Waals surface area contributed by atoms with E-state index in [4.69, 9.17) is 9.84 Å². The molecule has 1 spiro atoms. The van der Waals surface area contributed by atoms with Crippen LogP contribution in [0.4, 0.5) is 13.2 Å². The monoisotopic (exact) mass is 251 g/mol. The predicted octanol–water partition coefficient (Wildman–Crippen LogP) is 0.171. The van der Waals surface area contributed by atoms with Crippen LogP contribution in [0.25, 0.3) is 0 Å². The molecule has 0 saturated carbocycles. The Morgan fingerprint density at radius 1 is 1.41 bits per heavy atom. The molecule has 1 amide bonds. The Kier molecular flexibility index (Phi) is 2.42. The molecule has 94 valence electrons. The number of alkyl halides is 3. The summed E-state index contributed by atoms with van der Waals surface area (Å²) < 4.78 is 41.3. The summed E-state index contributed by atoms with van der Waals surface area (Å²) in [6.07, 6.45) is -3.63. The lowest BCUT2D eigenvalue weighted by Gasteiger charge is -2.45. The van der Waals surface area contributed by atoms with Gasteiger partial charge in [0, 0.05) is 0 Å². The molecule has 0 unspecified atom stereocenters. The zero-order chi connectivity index (χ0) is 12.8. The number of carboxylic acids is 1. The van der Waals surface area contributed by atoms with E-state index in [1.54, 1.807) is 0 Å². The number of carbonyl (C=O) groups is 2. The Morgan fingerprint density at radius 2 is 2.00 bits per heavy atom. The third-order valence-corrected chi connectivity index (χ3v) is 2.67. The zero-order valence-corrected chi connectivity index (χ0v) is 8.45. The molecule has 2 aliphatic rings. The van der Waals surface area contributed by atoms with Crippen LogP contribution in [0.2, 0.25) is 0 Å². The van der Waals surface area contributed by atoms with Crippen molar-refractivity contribution in [2.24, 2.45) is 0 Å². The first-order chi connectivity index (χ1) is 7.73. The maximum Gasteiger partial charge on any atom is 0.471 e. The summed E-state index contributed by atoms with van der Waals surface area (Å²) in [6.45, 7) is -0.673. The Hall–Kier alpha value is -1.57. The molecule has 17 heavy (non-hydrogen) atoms. The van der Waals surface area contributed by atoms with Crippen LogP contribution in [0.5, 0.6) is 0 Å². The number of carbonyl (C=O) groups excluding carboxylic acids is 1. The van der Waals surface area contributed by atoms with E-state index in [-0.39, 0.29) is 25.3 Å². The Balaban J connectivity index is 2.00. The molecular formula is C9H8F3NO4. The summed E-state index contributed by atoms with van der Waals surface area (Å²) in [7, 11) is 0. The van der Waals surface area contributed by atoms with Crippen molar-refractivity contribution < 1.29 is 32.6 Å². The average Bonchev–Trinajstić information content (AvgIpc) is 2.57. The van der Waals surface area contributed by atoms with Crippen molar-refractivity contribution in [1.29, 1.82) is 0 Å². The highest BCUT2D eigenvalue weighted by Crippen LogP contribution is 2.35. The fourth-order valence-corrected chi connectivity index (χ4v) is 1.85. The van der Waals surface area contributed by atoms with E-state index in [1.165, 1.54) is 6.08 Å². The maximum absolute atomic E-state index is 12.1. The number of rotatable bonds is 1.